The van der Waals surface area contributed by atoms with Gasteiger partial charge in [-0.25, -0.2) is 9.13 Å². The Bertz CT molecular complexity index is 506. The van der Waals surface area contributed by atoms with Crippen LogP contribution in [0.25, 0.3) is 0 Å². The predicted molar refractivity (Wildman–Crippen MR) is 74.7 cm³/mol. The lowest BCUT2D eigenvalue weighted by Gasteiger charge is -2.06. The van der Waals surface area contributed by atoms with Crippen molar-refractivity contribution in [3.63, 3.8) is 0 Å². The van der Waals surface area contributed by atoms with E-state index in [1.807, 2.05) is 0 Å². The van der Waals surface area contributed by atoms with E-state index >= 15 is 0 Å². The monoisotopic (exact) mass is 243 g/mol. The average molecular weight is 243 g/mol. The summed E-state index contributed by atoms with van der Waals surface area (Å²) in [6.07, 6.45) is 4.31. The molecular weight excluding hydrogens is 220 g/mol. The number of aromatic nitrogens is 2. The minimum atomic E-state index is 0.606. The Morgan fingerprint density at radius 3 is 2.33 bits per heavy atom. The summed E-state index contributed by atoms with van der Waals surface area (Å²) >= 11 is 0. The number of nitrogens with zero attached hydrogens (tertiary/aromatic N) is 2. The van der Waals surface area contributed by atoms with Crippen molar-refractivity contribution in [2.24, 2.45) is 0 Å². The summed E-state index contributed by atoms with van der Waals surface area (Å²) in [4.78, 5) is 0. The Hall–Kier alpha value is -1.57. The number of rotatable bonds is 4. The predicted octanol–water partition coefficient (Wildman–Crippen LogP) is 3.28. The Kier molecular flexibility index (Phi) is 3.85. The fourth-order valence-electron chi connectivity index (χ4n) is 2.25. The topological polar surface area (TPSA) is 8.81 Å². The first-order valence-corrected chi connectivity index (χ1v) is 6.75. The third kappa shape index (κ3) is 2.63. The molecule has 1 heterocycles. The van der Waals surface area contributed by atoms with Crippen LogP contribution in [-0.2, 0) is 13.1 Å². The highest BCUT2D eigenvalue weighted by Gasteiger charge is 2.10. The maximum atomic E-state index is 2.30. The van der Waals surface area contributed by atoms with Crippen molar-refractivity contribution >= 4 is 0 Å². The summed E-state index contributed by atoms with van der Waals surface area (Å²) in [6.45, 7) is 10.8. The molecule has 2 heteroatoms. The first-order valence-electron chi connectivity index (χ1n) is 6.75. The van der Waals surface area contributed by atoms with Crippen molar-refractivity contribution in [2.75, 3.05) is 0 Å². The van der Waals surface area contributed by atoms with Crippen LogP contribution in [0, 0.1) is 6.92 Å². The molecule has 0 amide bonds. The lowest BCUT2D eigenvalue weighted by atomic mass is 10.0. The van der Waals surface area contributed by atoms with Crippen molar-refractivity contribution in [1.82, 2.24) is 4.57 Å². The van der Waals surface area contributed by atoms with Crippen molar-refractivity contribution < 1.29 is 4.57 Å². The van der Waals surface area contributed by atoms with Gasteiger partial charge in [0.15, 0.2) is 0 Å². The molecule has 0 unspecified atom stereocenters. The van der Waals surface area contributed by atoms with Crippen molar-refractivity contribution in [2.45, 2.75) is 46.7 Å². The number of imidazole rings is 1. The molecule has 2 rings (SSSR count). The molecule has 0 aliphatic heterocycles. The van der Waals surface area contributed by atoms with E-state index in [0.29, 0.717) is 5.92 Å². The van der Waals surface area contributed by atoms with Crippen LogP contribution in [0.4, 0.5) is 0 Å². The largest absolute Gasteiger partial charge is 0.253 e. The molecule has 0 N–H and O–H groups in total. The van der Waals surface area contributed by atoms with E-state index in [1.165, 1.54) is 17.0 Å². The minimum Gasteiger partial charge on any atom is -0.235 e. The number of hydrogen-bond acceptors (Lipinski definition) is 0. The second kappa shape index (κ2) is 5.38. The Labute approximate surface area is 110 Å². The van der Waals surface area contributed by atoms with Gasteiger partial charge < -0.3 is 0 Å². The summed E-state index contributed by atoms with van der Waals surface area (Å²) in [5.41, 5.74) is 2.77. The highest BCUT2D eigenvalue weighted by atomic mass is 15.1. The Balaban J connectivity index is 2.15. The van der Waals surface area contributed by atoms with Crippen LogP contribution in [0.3, 0.4) is 0 Å². The van der Waals surface area contributed by atoms with Crippen molar-refractivity contribution in [3.8, 4) is 0 Å². The molecule has 18 heavy (non-hydrogen) atoms. The van der Waals surface area contributed by atoms with Crippen LogP contribution in [0.2, 0.25) is 0 Å². The molecule has 1 aromatic carbocycles. The zero-order valence-electron chi connectivity index (χ0n) is 11.9. The fourth-order valence-corrected chi connectivity index (χ4v) is 2.25. The second-order valence-electron chi connectivity index (χ2n) is 5.16. The third-order valence-electron chi connectivity index (χ3n) is 3.60. The van der Waals surface area contributed by atoms with E-state index in [2.05, 4.69) is 73.5 Å². The highest BCUT2D eigenvalue weighted by molar-refractivity contribution is 5.24. The van der Waals surface area contributed by atoms with Gasteiger partial charge in [-0.2, -0.15) is 0 Å². The van der Waals surface area contributed by atoms with E-state index in [0.717, 1.165) is 13.1 Å². The molecule has 0 fully saturated rings. The molecule has 0 bridgehead atoms. The van der Waals surface area contributed by atoms with E-state index in [9.17, 15) is 0 Å². The SMILES string of the molecule is CCn1cc[n+](Cc2ccc(C(C)C)cc2)c1C. The third-order valence-corrected chi connectivity index (χ3v) is 3.60. The van der Waals surface area contributed by atoms with Crippen molar-refractivity contribution in [3.05, 3.63) is 53.6 Å². The lowest BCUT2D eigenvalue weighted by molar-refractivity contribution is -0.694. The number of aryl methyl sites for hydroxylation is 1. The van der Waals surface area contributed by atoms with Crippen LogP contribution < -0.4 is 4.57 Å². The Morgan fingerprint density at radius 2 is 1.83 bits per heavy atom. The highest BCUT2D eigenvalue weighted by Crippen LogP contribution is 2.14. The standard InChI is InChI=1S/C16H23N2/c1-5-17-10-11-18(14(17)4)12-15-6-8-16(9-7-15)13(2)3/h6-11,13H,5,12H2,1-4H3/q+1. The minimum absolute atomic E-state index is 0.606. The first kappa shape index (κ1) is 12.9. The molecular formula is C16H23N2+. The lowest BCUT2D eigenvalue weighted by Crippen LogP contribution is -2.36. The van der Waals surface area contributed by atoms with E-state index in [1.54, 1.807) is 0 Å². The molecule has 1 aromatic heterocycles. The zero-order chi connectivity index (χ0) is 13.1. The molecule has 0 radical (unpaired) electrons. The molecule has 2 aromatic rings. The Morgan fingerprint density at radius 1 is 1.17 bits per heavy atom. The van der Waals surface area contributed by atoms with Gasteiger partial charge >= 0.3 is 0 Å². The van der Waals surface area contributed by atoms with Gasteiger partial charge in [-0.3, -0.25) is 0 Å². The van der Waals surface area contributed by atoms with Crippen LogP contribution in [0.1, 0.15) is 43.6 Å². The van der Waals surface area contributed by atoms with E-state index in [-0.39, 0.29) is 0 Å². The summed E-state index contributed by atoms with van der Waals surface area (Å²) in [6, 6.07) is 8.97. The molecule has 0 saturated heterocycles. The van der Waals surface area contributed by atoms with Gasteiger partial charge in [0, 0.05) is 6.92 Å². The summed E-state index contributed by atoms with van der Waals surface area (Å²) in [5, 5.41) is 0. The van der Waals surface area contributed by atoms with Gasteiger partial charge in [-0.1, -0.05) is 38.1 Å². The van der Waals surface area contributed by atoms with Crippen LogP contribution in [0.5, 0.6) is 0 Å². The summed E-state index contributed by atoms with van der Waals surface area (Å²) < 4.78 is 4.57. The summed E-state index contributed by atoms with van der Waals surface area (Å²) in [5.74, 6) is 1.92. The van der Waals surface area contributed by atoms with Gasteiger partial charge in [0.1, 0.15) is 18.9 Å². The fraction of sp³-hybridized carbons (Fsp3) is 0.438. The normalized spacial score (nSPS) is 11.2. The van der Waals surface area contributed by atoms with Gasteiger partial charge in [0.05, 0.1) is 6.54 Å². The molecule has 96 valence electrons. The van der Waals surface area contributed by atoms with Crippen LogP contribution in [-0.4, -0.2) is 4.57 Å². The zero-order valence-corrected chi connectivity index (χ0v) is 11.9. The van der Waals surface area contributed by atoms with Gasteiger partial charge in [0.25, 0.3) is 5.82 Å². The van der Waals surface area contributed by atoms with E-state index in [4.69, 9.17) is 0 Å². The maximum absolute atomic E-state index is 2.30. The van der Waals surface area contributed by atoms with Gasteiger partial charge in [-0.05, 0) is 24.0 Å². The molecule has 0 spiro atoms. The molecule has 2 nitrogen and oxygen atoms in total. The summed E-state index contributed by atoms with van der Waals surface area (Å²) in [7, 11) is 0. The number of benzene rings is 1. The quantitative estimate of drug-likeness (QED) is 0.729. The van der Waals surface area contributed by atoms with Gasteiger partial charge in [-0.15, -0.1) is 0 Å². The molecule has 0 atom stereocenters. The molecule has 0 aliphatic carbocycles. The maximum Gasteiger partial charge on any atom is 0.253 e. The van der Waals surface area contributed by atoms with Gasteiger partial charge in [0.2, 0.25) is 0 Å². The molecule has 0 saturated carbocycles. The first-order chi connectivity index (χ1) is 8.61. The number of hydrogen-bond donors (Lipinski definition) is 0. The van der Waals surface area contributed by atoms with Crippen LogP contribution in [0.15, 0.2) is 36.7 Å². The average Bonchev–Trinajstić information content (AvgIpc) is 2.71. The molecule has 0 aliphatic rings. The smallest absolute Gasteiger partial charge is 0.235 e. The van der Waals surface area contributed by atoms with Crippen molar-refractivity contribution in [1.29, 1.82) is 0 Å². The van der Waals surface area contributed by atoms with E-state index < -0.39 is 0 Å². The van der Waals surface area contributed by atoms with Crippen LogP contribution >= 0.6 is 0 Å². The second-order valence-corrected chi connectivity index (χ2v) is 5.16.